The minimum atomic E-state index is -0.214. The third-order valence-corrected chi connectivity index (χ3v) is 7.52. The molecular formula is C30H28FN3O2. The number of imide groups is 1. The van der Waals surface area contributed by atoms with Crippen molar-refractivity contribution in [1.29, 1.82) is 0 Å². The molecule has 6 heteroatoms. The molecule has 0 unspecified atom stereocenters. The number of carbonyl (C=O) groups excluding carboxylic acids is 2. The summed E-state index contributed by atoms with van der Waals surface area (Å²) in [6.07, 6.45) is 0.899. The summed E-state index contributed by atoms with van der Waals surface area (Å²) in [6, 6.07) is 23.0. The van der Waals surface area contributed by atoms with Gasteiger partial charge in [-0.3, -0.25) is 19.4 Å². The van der Waals surface area contributed by atoms with E-state index in [1.807, 2.05) is 42.5 Å². The van der Waals surface area contributed by atoms with E-state index in [0.717, 1.165) is 72.7 Å². The first kappa shape index (κ1) is 22.7. The molecule has 2 heterocycles. The highest BCUT2D eigenvalue weighted by Gasteiger charge is 2.38. The van der Waals surface area contributed by atoms with E-state index in [1.54, 1.807) is 12.1 Å². The molecule has 3 aromatic carbocycles. The molecule has 36 heavy (non-hydrogen) atoms. The van der Waals surface area contributed by atoms with Gasteiger partial charge in [-0.2, -0.15) is 0 Å². The number of halogens is 1. The van der Waals surface area contributed by atoms with Gasteiger partial charge in [0, 0.05) is 44.0 Å². The zero-order valence-corrected chi connectivity index (χ0v) is 20.1. The fourth-order valence-corrected chi connectivity index (χ4v) is 5.72. The standard InChI is InChI=1S/C30H28FN3O2/c31-21-7-5-8-22(19-21)33-17-15-32(16-18-33)13-6-14-34-28(35)20-27(30(34)36)29-25-11-3-1-9-23(25)24-10-2-4-12-26(24)29/h1-5,7-12,19H,6,13-18,20H2. The molecule has 182 valence electrons. The van der Waals surface area contributed by atoms with Gasteiger partial charge < -0.3 is 4.90 Å². The van der Waals surface area contributed by atoms with Crippen molar-refractivity contribution in [1.82, 2.24) is 9.80 Å². The van der Waals surface area contributed by atoms with Gasteiger partial charge in [-0.1, -0.05) is 54.6 Å². The van der Waals surface area contributed by atoms with E-state index >= 15 is 0 Å². The predicted molar refractivity (Wildman–Crippen MR) is 139 cm³/mol. The first-order valence-corrected chi connectivity index (χ1v) is 12.6. The molecule has 3 aliphatic rings. The smallest absolute Gasteiger partial charge is 0.257 e. The lowest BCUT2D eigenvalue weighted by atomic mass is 9.97. The number of carbonyl (C=O) groups is 2. The summed E-state index contributed by atoms with van der Waals surface area (Å²) in [5, 5.41) is 0. The van der Waals surface area contributed by atoms with Crippen LogP contribution in [0.2, 0.25) is 0 Å². The van der Waals surface area contributed by atoms with Gasteiger partial charge in [-0.25, -0.2) is 4.39 Å². The summed E-state index contributed by atoms with van der Waals surface area (Å²) in [5.41, 5.74) is 6.74. The fourth-order valence-electron chi connectivity index (χ4n) is 5.72. The van der Waals surface area contributed by atoms with Crippen LogP contribution in [0.3, 0.4) is 0 Å². The van der Waals surface area contributed by atoms with Gasteiger partial charge in [0.1, 0.15) is 5.82 Å². The number of nitrogens with zero attached hydrogens (tertiary/aromatic N) is 3. The highest BCUT2D eigenvalue weighted by molar-refractivity contribution is 6.21. The molecule has 2 saturated heterocycles. The number of fused-ring (bicyclic) bond motifs is 3. The summed E-state index contributed by atoms with van der Waals surface area (Å²) in [6.45, 7) is 4.68. The van der Waals surface area contributed by atoms with Crippen molar-refractivity contribution in [2.24, 2.45) is 0 Å². The average Bonchev–Trinajstić information content (AvgIpc) is 3.38. The Morgan fingerprint density at radius 2 is 1.36 bits per heavy atom. The van der Waals surface area contributed by atoms with Gasteiger partial charge >= 0.3 is 0 Å². The van der Waals surface area contributed by atoms with Crippen LogP contribution >= 0.6 is 0 Å². The van der Waals surface area contributed by atoms with Gasteiger partial charge in [0.2, 0.25) is 5.91 Å². The van der Waals surface area contributed by atoms with Crippen LogP contribution in [0, 0.1) is 5.82 Å². The van der Waals surface area contributed by atoms with E-state index in [4.69, 9.17) is 0 Å². The molecule has 0 aromatic heterocycles. The van der Waals surface area contributed by atoms with Crippen LogP contribution in [0.5, 0.6) is 0 Å². The lowest BCUT2D eigenvalue weighted by Gasteiger charge is -2.36. The SMILES string of the molecule is O=C1CC(=C2c3ccccc3-c3ccccc32)C(=O)N1CCCN1CCN(c2cccc(F)c2)CC1. The second-order valence-electron chi connectivity index (χ2n) is 9.63. The van der Waals surface area contributed by atoms with Gasteiger partial charge in [-0.05, 0) is 59.0 Å². The molecule has 5 nitrogen and oxygen atoms in total. The van der Waals surface area contributed by atoms with Crippen LogP contribution in [0.25, 0.3) is 16.7 Å². The Labute approximate surface area is 210 Å². The van der Waals surface area contributed by atoms with E-state index in [2.05, 4.69) is 21.9 Å². The first-order chi connectivity index (χ1) is 17.6. The molecule has 3 aromatic rings. The van der Waals surface area contributed by atoms with Gasteiger partial charge in [0.15, 0.2) is 0 Å². The number of likely N-dealkylation sites (tertiary alicyclic amines) is 1. The van der Waals surface area contributed by atoms with E-state index in [-0.39, 0.29) is 24.1 Å². The van der Waals surface area contributed by atoms with Gasteiger partial charge in [-0.15, -0.1) is 0 Å². The maximum atomic E-state index is 13.5. The van der Waals surface area contributed by atoms with Crippen LogP contribution in [0.15, 0.2) is 78.4 Å². The molecule has 0 radical (unpaired) electrons. The predicted octanol–water partition coefficient (Wildman–Crippen LogP) is 4.58. The van der Waals surface area contributed by atoms with Crippen LogP contribution in [-0.4, -0.2) is 60.9 Å². The van der Waals surface area contributed by atoms with Gasteiger partial charge in [0.05, 0.1) is 6.42 Å². The van der Waals surface area contributed by atoms with Crippen molar-refractivity contribution in [2.75, 3.05) is 44.2 Å². The molecule has 0 atom stereocenters. The van der Waals surface area contributed by atoms with Crippen LogP contribution < -0.4 is 4.90 Å². The quantitative estimate of drug-likeness (QED) is 0.309. The minimum Gasteiger partial charge on any atom is -0.369 e. The van der Waals surface area contributed by atoms with Crippen molar-refractivity contribution >= 4 is 23.1 Å². The summed E-state index contributed by atoms with van der Waals surface area (Å²) in [4.78, 5) is 32.3. The highest BCUT2D eigenvalue weighted by Crippen LogP contribution is 2.47. The Kier molecular flexibility index (Phi) is 5.89. The van der Waals surface area contributed by atoms with Crippen molar-refractivity contribution in [2.45, 2.75) is 12.8 Å². The van der Waals surface area contributed by atoms with E-state index in [0.29, 0.717) is 12.1 Å². The average molecular weight is 482 g/mol. The summed E-state index contributed by atoms with van der Waals surface area (Å²) >= 11 is 0. The molecule has 1 aliphatic carbocycles. The van der Waals surface area contributed by atoms with Crippen LogP contribution in [0.1, 0.15) is 24.0 Å². The molecule has 2 fully saturated rings. The van der Waals surface area contributed by atoms with Crippen molar-refractivity contribution in [3.8, 4) is 11.1 Å². The number of hydrogen-bond donors (Lipinski definition) is 0. The number of hydrogen-bond acceptors (Lipinski definition) is 4. The maximum absolute atomic E-state index is 13.5. The zero-order chi connectivity index (χ0) is 24.6. The molecule has 2 amide bonds. The topological polar surface area (TPSA) is 43.9 Å². The Balaban J connectivity index is 1.11. The monoisotopic (exact) mass is 481 g/mol. The Hall–Kier alpha value is -3.77. The Bertz CT molecular complexity index is 1330. The first-order valence-electron chi connectivity index (χ1n) is 12.6. The number of piperazine rings is 1. The third-order valence-electron chi connectivity index (χ3n) is 7.52. The fraction of sp³-hybridized carbons (Fsp3) is 0.267. The Morgan fingerprint density at radius 3 is 2.00 bits per heavy atom. The molecule has 2 aliphatic heterocycles. The lowest BCUT2D eigenvalue weighted by Crippen LogP contribution is -2.47. The molecule has 6 rings (SSSR count). The highest BCUT2D eigenvalue weighted by atomic mass is 19.1. The number of benzene rings is 3. The molecule has 0 bridgehead atoms. The second-order valence-corrected chi connectivity index (χ2v) is 9.63. The minimum absolute atomic E-state index is 0.111. The van der Waals surface area contributed by atoms with Crippen molar-refractivity contribution in [3.05, 3.63) is 95.3 Å². The van der Waals surface area contributed by atoms with Crippen molar-refractivity contribution in [3.63, 3.8) is 0 Å². The third kappa shape index (κ3) is 4.01. The van der Waals surface area contributed by atoms with E-state index in [1.165, 1.54) is 11.0 Å². The Morgan fingerprint density at radius 1 is 0.722 bits per heavy atom. The van der Waals surface area contributed by atoms with E-state index < -0.39 is 0 Å². The molecule has 0 saturated carbocycles. The van der Waals surface area contributed by atoms with E-state index in [9.17, 15) is 14.0 Å². The molecular weight excluding hydrogens is 453 g/mol. The van der Waals surface area contributed by atoms with Crippen LogP contribution in [-0.2, 0) is 9.59 Å². The molecule has 0 N–H and O–H groups in total. The second kappa shape index (κ2) is 9.36. The summed E-state index contributed by atoms with van der Waals surface area (Å²) in [7, 11) is 0. The summed E-state index contributed by atoms with van der Waals surface area (Å²) < 4.78 is 13.5. The van der Waals surface area contributed by atoms with Crippen LogP contribution in [0.4, 0.5) is 10.1 Å². The normalized spacial score (nSPS) is 17.7. The largest absolute Gasteiger partial charge is 0.369 e. The number of amides is 2. The summed E-state index contributed by atoms with van der Waals surface area (Å²) in [5.74, 6) is -0.480. The van der Waals surface area contributed by atoms with Crippen molar-refractivity contribution < 1.29 is 14.0 Å². The lowest BCUT2D eigenvalue weighted by molar-refractivity contribution is -0.137. The zero-order valence-electron chi connectivity index (χ0n) is 20.1. The number of rotatable bonds is 5. The number of anilines is 1. The van der Waals surface area contributed by atoms with Gasteiger partial charge in [0.25, 0.3) is 5.91 Å². The molecule has 0 spiro atoms. The maximum Gasteiger partial charge on any atom is 0.257 e.